The summed E-state index contributed by atoms with van der Waals surface area (Å²) in [5.74, 6) is 6.57. The van der Waals surface area contributed by atoms with Gasteiger partial charge in [-0.25, -0.2) is 0 Å². The van der Waals surface area contributed by atoms with Crippen LogP contribution in [-0.4, -0.2) is 6.04 Å². The van der Waals surface area contributed by atoms with Crippen molar-refractivity contribution >= 4 is 0 Å². The Labute approximate surface area is 108 Å². The maximum Gasteiger partial charge on any atom is 0.105 e. The van der Waals surface area contributed by atoms with Gasteiger partial charge in [0.2, 0.25) is 0 Å². The lowest BCUT2D eigenvalue weighted by Gasteiger charge is -2.15. The molecule has 0 saturated heterocycles. The highest BCUT2D eigenvalue weighted by Crippen LogP contribution is 2.13. The number of hydrogen-bond acceptors (Lipinski definition) is 3. The summed E-state index contributed by atoms with van der Waals surface area (Å²) in [4.78, 5) is 0. The summed E-state index contributed by atoms with van der Waals surface area (Å²) in [6, 6.07) is 12.6. The van der Waals surface area contributed by atoms with Crippen LogP contribution in [0, 0.1) is 6.92 Å². The van der Waals surface area contributed by atoms with Gasteiger partial charge >= 0.3 is 0 Å². The lowest BCUT2D eigenvalue weighted by atomic mass is 9.99. The zero-order valence-electron chi connectivity index (χ0n) is 10.7. The monoisotopic (exact) mass is 244 g/mol. The minimum absolute atomic E-state index is 0.246. The van der Waals surface area contributed by atoms with Crippen LogP contribution in [0.5, 0.6) is 0 Å². The van der Waals surface area contributed by atoms with Gasteiger partial charge in [0.25, 0.3) is 0 Å². The van der Waals surface area contributed by atoms with E-state index in [0.717, 1.165) is 25.0 Å². The van der Waals surface area contributed by atoms with Gasteiger partial charge in [0.15, 0.2) is 0 Å². The normalized spacial score (nSPS) is 12.6. The van der Waals surface area contributed by atoms with E-state index >= 15 is 0 Å². The predicted octanol–water partition coefficient (Wildman–Crippen LogP) is 2.60. The summed E-state index contributed by atoms with van der Waals surface area (Å²) < 4.78 is 5.35. The molecule has 0 radical (unpaired) electrons. The average Bonchev–Trinajstić information content (AvgIpc) is 2.89. The quantitative estimate of drug-likeness (QED) is 0.606. The third-order valence-electron chi connectivity index (χ3n) is 3.29. The fourth-order valence-corrected chi connectivity index (χ4v) is 2.14. The number of benzene rings is 1. The molecule has 1 heterocycles. The molecule has 1 aromatic heterocycles. The van der Waals surface area contributed by atoms with Gasteiger partial charge in [0.05, 0.1) is 6.26 Å². The van der Waals surface area contributed by atoms with E-state index in [0.29, 0.717) is 0 Å². The predicted molar refractivity (Wildman–Crippen MR) is 73.0 cm³/mol. The zero-order chi connectivity index (χ0) is 12.8. The Morgan fingerprint density at radius 2 is 2.06 bits per heavy atom. The molecule has 0 aliphatic carbocycles. The van der Waals surface area contributed by atoms with Crippen molar-refractivity contribution in [2.45, 2.75) is 32.2 Å². The molecule has 0 bridgehead atoms. The van der Waals surface area contributed by atoms with Crippen molar-refractivity contribution in [1.82, 2.24) is 5.43 Å². The fourth-order valence-electron chi connectivity index (χ4n) is 2.14. The lowest BCUT2D eigenvalue weighted by molar-refractivity contribution is 0.429. The highest BCUT2D eigenvalue weighted by Gasteiger charge is 2.10. The molecule has 3 heteroatoms. The van der Waals surface area contributed by atoms with Crippen LogP contribution in [0.3, 0.4) is 0 Å². The Bertz CT molecular complexity index is 465. The van der Waals surface area contributed by atoms with Gasteiger partial charge in [-0.2, -0.15) is 0 Å². The Morgan fingerprint density at radius 3 is 2.72 bits per heavy atom. The van der Waals surface area contributed by atoms with Crippen LogP contribution in [0.15, 0.2) is 47.1 Å². The van der Waals surface area contributed by atoms with Crippen LogP contribution in [0.4, 0.5) is 0 Å². The minimum atomic E-state index is 0.246. The maximum absolute atomic E-state index is 5.60. The number of furan rings is 1. The van der Waals surface area contributed by atoms with Crippen molar-refractivity contribution in [3.8, 4) is 0 Å². The van der Waals surface area contributed by atoms with E-state index in [1.54, 1.807) is 6.26 Å². The lowest BCUT2D eigenvalue weighted by Crippen LogP contribution is -2.37. The van der Waals surface area contributed by atoms with Crippen molar-refractivity contribution in [3.05, 3.63) is 59.5 Å². The van der Waals surface area contributed by atoms with Crippen molar-refractivity contribution in [3.63, 3.8) is 0 Å². The number of nitrogens with two attached hydrogens (primary N) is 1. The van der Waals surface area contributed by atoms with E-state index < -0.39 is 0 Å². The van der Waals surface area contributed by atoms with Crippen LogP contribution in [0.2, 0.25) is 0 Å². The molecule has 0 aliphatic rings. The highest BCUT2D eigenvalue weighted by atomic mass is 16.3. The zero-order valence-corrected chi connectivity index (χ0v) is 10.7. The molecule has 3 N–H and O–H groups in total. The van der Waals surface area contributed by atoms with E-state index in [2.05, 4.69) is 36.6 Å². The molecule has 0 amide bonds. The van der Waals surface area contributed by atoms with Gasteiger partial charge in [0.1, 0.15) is 5.76 Å². The highest BCUT2D eigenvalue weighted by molar-refractivity contribution is 5.25. The SMILES string of the molecule is Cc1ccccc1CCC(Cc1ccco1)NN. The van der Waals surface area contributed by atoms with E-state index in [1.165, 1.54) is 11.1 Å². The number of nitrogens with one attached hydrogen (secondary N) is 1. The molecule has 2 rings (SSSR count). The molecule has 1 unspecified atom stereocenters. The molecule has 18 heavy (non-hydrogen) atoms. The summed E-state index contributed by atoms with van der Waals surface area (Å²) in [5.41, 5.74) is 5.60. The average molecular weight is 244 g/mol. The van der Waals surface area contributed by atoms with Gasteiger partial charge in [-0.1, -0.05) is 24.3 Å². The molecular weight excluding hydrogens is 224 g/mol. The van der Waals surface area contributed by atoms with Crippen LogP contribution < -0.4 is 11.3 Å². The largest absolute Gasteiger partial charge is 0.469 e. The molecule has 1 atom stereocenters. The van der Waals surface area contributed by atoms with Crippen molar-refractivity contribution in [1.29, 1.82) is 0 Å². The van der Waals surface area contributed by atoms with Crippen molar-refractivity contribution in [2.75, 3.05) is 0 Å². The molecule has 0 saturated carbocycles. The topological polar surface area (TPSA) is 51.2 Å². The van der Waals surface area contributed by atoms with Gasteiger partial charge in [-0.05, 0) is 43.0 Å². The first-order chi connectivity index (χ1) is 8.79. The summed E-state index contributed by atoms with van der Waals surface area (Å²) >= 11 is 0. The summed E-state index contributed by atoms with van der Waals surface area (Å²) in [7, 11) is 0. The van der Waals surface area contributed by atoms with E-state index in [-0.39, 0.29) is 6.04 Å². The molecule has 0 fully saturated rings. The van der Waals surface area contributed by atoms with Gasteiger partial charge < -0.3 is 4.42 Å². The first kappa shape index (κ1) is 12.9. The smallest absolute Gasteiger partial charge is 0.105 e. The molecule has 96 valence electrons. The van der Waals surface area contributed by atoms with Crippen molar-refractivity contribution in [2.24, 2.45) is 5.84 Å². The Balaban J connectivity index is 1.89. The molecule has 2 aromatic rings. The van der Waals surface area contributed by atoms with Crippen LogP contribution in [0.1, 0.15) is 23.3 Å². The van der Waals surface area contributed by atoms with Gasteiger partial charge in [0, 0.05) is 12.5 Å². The second kappa shape index (κ2) is 6.38. The van der Waals surface area contributed by atoms with Gasteiger partial charge in [-0.15, -0.1) is 0 Å². The minimum Gasteiger partial charge on any atom is -0.469 e. The standard InChI is InChI=1S/C15H20N2O/c1-12-5-2-3-6-13(12)8-9-14(17-16)11-15-7-4-10-18-15/h2-7,10,14,17H,8-9,11,16H2,1H3. The third-order valence-corrected chi connectivity index (χ3v) is 3.29. The summed E-state index contributed by atoms with van der Waals surface area (Å²) in [6.45, 7) is 2.15. The molecule has 0 aliphatic heterocycles. The number of rotatable bonds is 6. The molecular formula is C15H20N2O. The number of hydrogen-bond donors (Lipinski definition) is 2. The molecule has 3 nitrogen and oxygen atoms in total. The van der Waals surface area contributed by atoms with E-state index in [4.69, 9.17) is 10.3 Å². The molecule has 0 spiro atoms. The maximum atomic E-state index is 5.60. The second-order valence-corrected chi connectivity index (χ2v) is 4.61. The first-order valence-corrected chi connectivity index (χ1v) is 6.32. The first-order valence-electron chi connectivity index (χ1n) is 6.32. The Kier molecular flexibility index (Phi) is 4.56. The third kappa shape index (κ3) is 3.45. The van der Waals surface area contributed by atoms with Crippen molar-refractivity contribution < 1.29 is 4.42 Å². The van der Waals surface area contributed by atoms with Crippen LogP contribution in [0.25, 0.3) is 0 Å². The molecule has 1 aromatic carbocycles. The Morgan fingerprint density at radius 1 is 1.22 bits per heavy atom. The number of hydrazine groups is 1. The van der Waals surface area contributed by atoms with E-state index in [9.17, 15) is 0 Å². The van der Waals surface area contributed by atoms with Crippen LogP contribution in [-0.2, 0) is 12.8 Å². The van der Waals surface area contributed by atoms with E-state index in [1.807, 2.05) is 12.1 Å². The van der Waals surface area contributed by atoms with Gasteiger partial charge in [-0.3, -0.25) is 11.3 Å². The summed E-state index contributed by atoms with van der Waals surface area (Å²) in [6.07, 6.45) is 4.56. The Hall–Kier alpha value is -1.58. The fraction of sp³-hybridized carbons (Fsp3) is 0.333. The summed E-state index contributed by atoms with van der Waals surface area (Å²) in [5, 5.41) is 0. The number of aryl methyl sites for hydroxylation is 2. The van der Waals surface area contributed by atoms with Crippen LogP contribution >= 0.6 is 0 Å². The second-order valence-electron chi connectivity index (χ2n) is 4.61.